The van der Waals surface area contributed by atoms with Gasteiger partial charge in [-0.05, 0) is 30.3 Å². The molecule has 0 saturated heterocycles. The molecule has 0 fully saturated rings. The average Bonchev–Trinajstić information content (AvgIpc) is 3.08. The highest BCUT2D eigenvalue weighted by atomic mass is 16.5. The topological polar surface area (TPSA) is 87.4 Å². The van der Waals surface area contributed by atoms with Crippen molar-refractivity contribution in [1.29, 1.82) is 0 Å². The molecule has 1 amide bonds. The molecule has 30 heavy (non-hydrogen) atoms. The summed E-state index contributed by atoms with van der Waals surface area (Å²) in [7, 11) is 4.96. The van der Waals surface area contributed by atoms with E-state index in [2.05, 4.69) is 10.4 Å². The zero-order valence-corrected chi connectivity index (χ0v) is 17.0. The van der Waals surface area contributed by atoms with Gasteiger partial charge in [-0.15, -0.1) is 0 Å². The summed E-state index contributed by atoms with van der Waals surface area (Å²) in [6, 6.07) is 14.5. The Kier molecular flexibility index (Phi) is 5.24. The Labute approximate surface area is 172 Å². The number of aromatic nitrogens is 3. The lowest BCUT2D eigenvalue weighted by Crippen LogP contribution is -2.32. The van der Waals surface area contributed by atoms with Crippen LogP contribution < -0.4 is 15.6 Å². The van der Waals surface area contributed by atoms with Gasteiger partial charge in [0.25, 0.3) is 11.5 Å². The first kappa shape index (κ1) is 19.7. The molecular weight excluding hydrogens is 384 g/mol. The third kappa shape index (κ3) is 3.21. The fourth-order valence-corrected chi connectivity index (χ4v) is 3.59. The van der Waals surface area contributed by atoms with Crippen molar-refractivity contribution < 1.29 is 14.3 Å². The average molecular weight is 406 g/mol. The normalized spacial score (nSPS) is 11.2. The first-order valence-electron chi connectivity index (χ1n) is 9.49. The summed E-state index contributed by atoms with van der Waals surface area (Å²) in [4.78, 5) is 26.4. The van der Waals surface area contributed by atoms with E-state index in [0.717, 1.165) is 10.9 Å². The van der Waals surface area contributed by atoms with Crippen LogP contribution in [0.4, 0.5) is 0 Å². The molecule has 8 heteroatoms. The molecule has 2 aromatic carbocycles. The second kappa shape index (κ2) is 8.00. The third-order valence-electron chi connectivity index (χ3n) is 5.06. The van der Waals surface area contributed by atoms with E-state index in [0.29, 0.717) is 35.5 Å². The number of hydrogen-bond acceptors (Lipinski definition) is 5. The number of carbonyl (C=O) groups excluding carboxylic acids is 1. The number of amides is 1. The lowest BCUT2D eigenvalue weighted by Gasteiger charge is -2.11. The minimum Gasteiger partial charge on any atom is -0.497 e. The molecule has 4 aromatic rings. The van der Waals surface area contributed by atoms with E-state index < -0.39 is 0 Å². The summed E-state index contributed by atoms with van der Waals surface area (Å²) in [6.45, 7) is 0.716. The SMILES string of the molecule is COCCNC(=O)c1nn(-c2ccc(OC)cc2)c(=O)c2c1c1ccccc1n2C. The van der Waals surface area contributed by atoms with Gasteiger partial charge in [0, 0.05) is 37.0 Å². The highest BCUT2D eigenvalue weighted by molar-refractivity contribution is 6.16. The van der Waals surface area contributed by atoms with Gasteiger partial charge in [0.05, 0.1) is 19.4 Å². The minimum absolute atomic E-state index is 0.188. The number of hydrogen-bond donors (Lipinski definition) is 1. The Morgan fingerprint density at radius 1 is 1.10 bits per heavy atom. The van der Waals surface area contributed by atoms with Gasteiger partial charge < -0.3 is 19.4 Å². The Balaban J connectivity index is 2.01. The number of nitrogens with one attached hydrogen (secondary N) is 1. The number of carbonyl (C=O) groups is 1. The van der Waals surface area contributed by atoms with E-state index in [1.165, 1.54) is 4.68 Å². The lowest BCUT2D eigenvalue weighted by molar-refractivity contribution is 0.0932. The predicted octanol–water partition coefficient (Wildman–Crippen LogP) is 2.26. The predicted molar refractivity (Wildman–Crippen MR) is 115 cm³/mol. The molecule has 0 bridgehead atoms. The zero-order chi connectivity index (χ0) is 21.3. The maximum Gasteiger partial charge on any atom is 0.296 e. The van der Waals surface area contributed by atoms with E-state index in [9.17, 15) is 9.59 Å². The number of benzene rings is 2. The summed E-state index contributed by atoms with van der Waals surface area (Å²) < 4.78 is 13.3. The fourth-order valence-electron chi connectivity index (χ4n) is 3.59. The van der Waals surface area contributed by atoms with Gasteiger partial charge in [-0.2, -0.15) is 9.78 Å². The Bertz CT molecular complexity index is 1290. The Morgan fingerprint density at radius 2 is 1.83 bits per heavy atom. The van der Waals surface area contributed by atoms with Crippen LogP contribution in [0.15, 0.2) is 53.3 Å². The summed E-state index contributed by atoms with van der Waals surface area (Å²) in [5.74, 6) is 0.297. The van der Waals surface area contributed by atoms with E-state index in [1.54, 1.807) is 43.1 Å². The van der Waals surface area contributed by atoms with Gasteiger partial charge in [-0.3, -0.25) is 9.59 Å². The molecule has 0 radical (unpaired) electrons. The highest BCUT2D eigenvalue weighted by Gasteiger charge is 2.23. The molecular formula is C22H22N4O4. The summed E-state index contributed by atoms with van der Waals surface area (Å²) in [6.07, 6.45) is 0. The van der Waals surface area contributed by atoms with Crippen LogP contribution >= 0.6 is 0 Å². The molecule has 1 N–H and O–H groups in total. The van der Waals surface area contributed by atoms with E-state index >= 15 is 0 Å². The van der Waals surface area contributed by atoms with Gasteiger partial charge in [0.2, 0.25) is 0 Å². The van der Waals surface area contributed by atoms with Gasteiger partial charge >= 0.3 is 0 Å². The summed E-state index contributed by atoms with van der Waals surface area (Å²) in [5.41, 5.74) is 1.69. The van der Waals surface area contributed by atoms with Crippen LogP contribution in [0.2, 0.25) is 0 Å². The molecule has 0 saturated carbocycles. The van der Waals surface area contributed by atoms with Crippen LogP contribution in [-0.2, 0) is 11.8 Å². The number of fused-ring (bicyclic) bond motifs is 3. The molecule has 0 spiro atoms. The van der Waals surface area contributed by atoms with Crippen LogP contribution in [-0.4, -0.2) is 47.6 Å². The third-order valence-corrected chi connectivity index (χ3v) is 5.06. The number of nitrogens with zero attached hydrogens (tertiary/aromatic N) is 3. The van der Waals surface area contributed by atoms with Gasteiger partial charge in [0.15, 0.2) is 5.69 Å². The second-order valence-electron chi connectivity index (χ2n) is 6.81. The first-order chi connectivity index (χ1) is 14.6. The molecule has 2 aromatic heterocycles. The van der Waals surface area contributed by atoms with Crippen LogP contribution in [0, 0.1) is 0 Å². The molecule has 0 aliphatic heterocycles. The number of rotatable bonds is 6. The molecule has 0 aliphatic rings. The highest BCUT2D eigenvalue weighted by Crippen LogP contribution is 2.28. The van der Waals surface area contributed by atoms with E-state index in [4.69, 9.17) is 9.47 Å². The summed E-state index contributed by atoms with van der Waals surface area (Å²) in [5, 5.41) is 8.62. The summed E-state index contributed by atoms with van der Waals surface area (Å²) >= 11 is 0. The first-order valence-corrected chi connectivity index (χ1v) is 9.49. The largest absolute Gasteiger partial charge is 0.497 e. The van der Waals surface area contributed by atoms with E-state index in [-0.39, 0.29) is 17.2 Å². The molecule has 0 atom stereocenters. The lowest BCUT2D eigenvalue weighted by atomic mass is 10.1. The van der Waals surface area contributed by atoms with Crippen molar-refractivity contribution in [2.75, 3.05) is 27.4 Å². The van der Waals surface area contributed by atoms with Crippen molar-refractivity contribution in [2.45, 2.75) is 0 Å². The van der Waals surface area contributed by atoms with Gasteiger partial charge in [-0.25, -0.2) is 0 Å². The molecule has 0 aliphatic carbocycles. The number of aryl methyl sites for hydroxylation is 1. The molecule has 2 heterocycles. The Morgan fingerprint density at radius 3 is 2.53 bits per heavy atom. The van der Waals surface area contributed by atoms with Gasteiger partial charge in [-0.1, -0.05) is 18.2 Å². The van der Waals surface area contributed by atoms with Crippen molar-refractivity contribution in [3.63, 3.8) is 0 Å². The standard InChI is InChI=1S/C22H22N4O4/c1-25-17-7-5-4-6-16(17)18-19(21(27)23-12-13-29-2)24-26(22(28)20(18)25)14-8-10-15(30-3)11-9-14/h4-11H,12-13H2,1-3H3,(H,23,27). The van der Waals surface area contributed by atoms with Crippen LogP contribution in [0.5, 0.6) is 5.75 Å². The van der Waals surface area contributed by atoms with E-state index in [1.807, 2.05) is 31.3 Å². The second-order valence-corrected chi connectivity index (χ2v) is 6.81. The van der Waals surface area contributed by atoms with Crippen molar-refractivity contribution in [3.8, 4) is 11.4 Å². The monoisotopic (exact) mass is 406 g/mol. The zero-order valence-electron chi connectivity index (χ0n) is 17.0. The van der Waals surface area contributed by atoms with Crippen molar-refractivity contribution in [2.24, 2.45) is 7.05 Å². The molecule has 0 unspecified atom stereocenters. The number of para-hydroxylation sites is 1. The molecule has 4 rings (SSSR count). The van der Waals surface area contributed by atoms with Gasteiger partial charge in [0.1, 0.15) is 11.3 Å². The fraction of sp³-hybridized carbons (Fsp3) is 0.227. The molecule has 154 valence electrons. The van der Waals surface area contributed by atoms with Crippen molar-refractivity contribution in [3.05, 3.63) is 64.6 Å². The smallest absolute Gasteiger partial charge is 0.296 e. The minimum atomic E-state index is -0.365. The van der Waals surface area contributed by atoms with Crippen molar-refractivity contribution >= 4 is 27.7 Å². The number of ether oxygens (including phenoxy) is 2. The maximum absolute atomic E-state index is 13.4. The van der Waals surface area contributed by atoms with Crippen LogP contribution in [0.25, 0.3) is 27.5 Å². The number of methoxy groups -OCH3 is 2. The quantitative estimate of drug-likeness (QED) is 0.497. The van der Waals surface area contributed by atoms with Crippen molar-refractivity contribution in [1.82, 2.24) is 19.7 Å². The van der Waals surface area contributed by atoms with Crippen LogP contribution in [0.1, 0.15) is 10.5 Å². The molecule has 8 nitrogen and oxygen atoms in total. The Hall–Kier alpha value is -3.65. The van der Waals surface area contributed by atoms with Crippen LogP contribution in [0.3, 0.4) is 0 Å². The maximum atomic E-state index is 13.4.